The number of fused-ring (bicyclic) bond motifs is 3. The van der Waals surface area contributed by atoms with Gasteiger partial charge in [-0.1, -0.05) is 0 Å². The van der Waals surface area contributed by atoms with Gasteiger partial charge < -0.3 is 31.1 Å². The average Bonchev–Trinajstić information content (AvgIpc) is 2.70. The predicted octanol–water partition coefficient (Wildman–Crippen LogP) is -0.734. The molecule has 0 aromatic rings. The molecule has 0 aromatic carbocycles. The monoisotopic (exact) mass is 463 g/mol. The number of Topliss-reactive ketones (excluding diaryl/α,β-unsaturated/α-hetero) is 2. The third-order valence-electron chi connectivity index (χ3n) is 8.31. The number of nitrogens with two attached hydrogens (primary N) is 1. The molecular weight excluding hydrogens is 430 g/mol. The van der Waals surface area contributed by atoms with Gasteiger partial charge in [0.25, 0.3) is 5.91 Å². The Morgan fingerprint density at radius 1 is 1.00 bits per heavy atom. The number of carbonyl (C=O) groups is 3. The van der Waals surface area contributed by atoms with Gasteiger partial charge in [0, 0.05) is 17.5 Å². The number of aliphatic hydroxyl groups excluding tert-OH is 3. The summed E-state index contributed by atoms with van der Waals surface area (Å²) < 4.78 is 0. The molecule has 6 N–H and O–H groups in total. The van der Waals surface area contributed by atoms with Crippen LogP contribution in [0.2, 0.25) is 0 Å². The van der Waals surface area contributed by atoms with E-state index in [4.69, 9.17) is 5.73 Å². The highest BCUT2D eigenvalue weighted by atomic mass is 16.4. The third-order valence-corrected chi connectivity index (χ3v) is 8.31. The first kappa shape index (κ1) is 23.9. The Hall–Kier alpha value is -2.27. The molecule has 0 radical (unpaired) electrons. The van der Waals surface area contributed by atoms with Crippen LogP contribution in [0.15, 0.2) is 22.7 Å². The van der Waals surface area contributed by atoms with Crippen molar-refractivity contribution in [2.45, 2.75) is 49.5 Å². The molecule has 4 aliphatic carbocycles. The van der Waals surface area contributed by atoms with E-state index < -0.39 is 70.1 Å². The number of rotatable bonds is 3. The summed E-state index contributed by atoms with van der Waals surface area (Å²) in [4.78, 5) is 42.3. The molecule has 0 unspecified atom stereocenters. The zero-order valence-corrected chi connectivity index (χ0v) is 19.4. The van der Waals surface area contributed by atoms with Crippen molar-refractivity contribution in [3.63, 3.8) is 0 Å². The summed E-state index contributed by atoms with van der Waals surface area (Å²) in [5.74, 6) is -6.51. The fourth-order valence-electron chi connectivity index (χ4n) is 6.90. The molecule has 2 fully saturated rings. The van der Waals surface area contributed by atoms with E-state index in [1.807, 2.05) is 19.0 Å². The van der Waals surface area contributed by atoms with Crippen LogP contribution >= 0.6 is 0 Å². The Bertz CT molecular complexity index is 971. The minimum Gasteiger partial charge on any atom is -0.508 e. The van der Waals surface area contributed by atoms with Crippen LogP contribution < -0.4 is 5.73 Å². The maximum atomic E-state index is 13.6. The first-order chi connectivity index (χ1) is 15.3. The van der Waals surface area contributed by atoms with Gasteiger partial charge in [-0.15, -0.1) is 0 Å². The second-order valence-electron chi connectivity index (χ2n) is 10.4. The molecule has 10 heteroatoms. The zero-order valence-electron chi connectivity index (χ0n) is 19.4. The molecule has 4 aliphatic rings. The maximum Gasteiger partial charge on any atom is 0.255 e. The molecule has 0 heterocycles. The van der Waals surface area contributed by atoms with Gasteiger partial charge in [-0.3, -0.25) is 19.3 Å². The van der Waals surface area contributed by atoms with Gasteiger partial charge in [0.2, 0.25) is 0 Å². The van der Waals surface area contributed by atoms with Crippen LogP contribution in [-0.2, 0) is 14.4 Å². The van der Waals surface area contributed by atoms with Crippen LogP contribution in [0.5, 0.6) is 0 Å². The summed E-state index contributed by atoms with van der Waals surface area (Å²) in [6.07, 6.45) is 0.934. The summed E-state index contributed by atoms with van der Waals surface area (Å²) in [6, 6.07) is -0.967. The lowest BCUT2D eigenvalue weighted by molar-refractivity contribution is -0.142. The van der Waals surface area contributed by atoms with E-state index in [0.717, 1.165) is 6.42 Å². The van der Waals surface area contributed by atoms with Crippen molar-refractivity contribution in [3.05, 3.63) is 22.7 Å². The number of primary amides is 1. The Kier molecular flexibility index (Phi) is 5.72. The highest BCUT2D eigenvalue weighted by Crippen LogP contribution is 2.55. The SMILES string of the molecule is CN(C)[C@@H]1CC[C@H](O)[C@H]2C(=O)C3=C(O)[C@]4(O)C(O)=C(C(N)=O)C(=O)[C@@H](N(C)C)[C@@H]4C[C@@H]3C[C@@H]21. The molecule has 4 rings (SSSR count). The summed E-state index contributed by atoms with van der Waals surface area (Å²) >= 11 is 0. The average molecular weight is 464 g/mol. The Morgan fingerprint density at radius 2 is 1.64 bits per heavy atom. The van der Waals surface area contributed by atoms with E-state index in [-0.39, 0.29) is 24.0 Å². The molecule has 8 atom stereocenters. The van der Waals surface area contributed by atoms with Crippen LogP contribution in [0.1, 0.15) is 25.7 Å². The minimum atomic E-state index is -2.50. The number of allylic oxidation sites excluding steroid dienone is 1. The first-order valence-corrected chi connectivity index (χ1v) is 11.3. The van der Waals surface area contributed by atoms with Crippen LogP contribution in [0.3, 0.4) is 0 Å². The summed E-state index contributed by atoms with van der Waals surface area (Å²) in [7, 11) is 7.06. The lowest BCUT2D eigenvalue weighted by Crippen LogP contribution is -2.64. The smallest absolute Gasteiger partial charge is 0.255 e. The Labute approximate surface area is 192 Å². The zero-order chi connectivity index (χ0) is 24.6. The number of amides is 1. The van der Waals surface area contributed by atoms with Gasteiger partial charge in [0.15, 0.2) is 17.2 Å². The number of hydrogen-bond acceptors (Lipinski definition) is 9. The largest absolute Gasteiger partial charge is 0.508 e. The van der Waals surface area contributed by atoms with Crippen LogP contribution in [0, 0.1) is 23.7 Å². The number of ketones is 2. The van der Waals surface area contributed by atoms with Crippen LogP contribution in [-0.4, -0.2) is 99.7 Å². The van der Waals surface area contributed by atoms with E-state index in [1.54, 1.807) is 14.1 Å². The highest BCUT2D eigenvalue weighted by Gasteiger charge is 2.64. The van der Waals surface area contributed by atoms with E-state index in [2.05, 4.69) is 0 Å². The van der Waals surface area contributed by atoms with Crippen molar-refractivity contribution in [1.82, 2.24) is 9.80 Å². The molecule has 10 nitrogen and oxygen atoms in total. The molecule has 0 aromatic heterocycles. The van der Waals surface area contributed by atoms with Gasteiger partial charge in [-0.05, 0) is 65.7 Å². The minimum absolute atomic E-state index is 0.0318. The van der Waals surface area contributed by atoms with Crippen molar-refractivity contribution in [2.24, 2.45) is 29.4 Å². The number of hydrogen-bond donors (Lipinski definition) is 5. The Balaban J connectivity index is 1.90. The van der Waals surface area contributed by atoms with Gasteiger partial charge >= 0.3 is 0 Å². The molecule has 33 heavy (non-hydrogen) atoms. The fraction of sp³-hybridized carbons (Fsp3) is 0.696. The summed E-state index contributed by atoms with van der Waals surface area (Å²) in [5, 5.41) is 44.4. The van der Waals surface area contributed by atoms with Crippen molar-refractivity contribution >= 4 is 17.5 Å². The molecule has 0 bridgehead atoms. The quantitative estimate of drug-likeness (QED) is 0.339. The van der Waals surface area contributed by atoms with Gasteiger partial charge in [-0.2, -0.15) is 0 Å². The number of carbonyl (C=O) groups excluding carboxylic acids is 3. The van der Waals surface area contributed by atoms with E-state index in [1.165, 1.54) is 4.90 Å². The Morgan fingerprint density at radius 3 is 2.18 bits per heavy atom. The second-order valence-corrected chi connectivity index (χ2v) is 10.4. The molecule has 0 spiro atoms. The van der Waals surface area contributed by atoms with Crippen molar-refractivity contribution in [1.29, 1.82) is 0 Å². The van der Waals surface area contributed by atoms with E-state index in [9.17, 15) is 34.8 Å². The standard InChI is InChI=1S/C23H33N3O7/c1-25(2)12-5-6-13(27)15-10(12)7-9-8-11-17(26(3)4)19(29)16(22(24)32)21(31)23(11,33)20(30)14(9)18(15)28/h9-13,15,17,27,30-31,33H,5-8H2,1-4H3,(H2,24,32)/t9-,10+,11-,12+,13-,15-,17-,23-/m0/s1. The highest BCUT2D eigenvalue weighted by molar-refractivity contribution is 6.22. The predicted molar refractivity (Wildman–Crippen MR) is 117 cm³/mol. The summed E-state index contributed by atoms with van der Waals surface area (Å²) in [6.45, 7) is 0. The normalized spacial score (nSPS) is 41.3. The molecule has 0 aliphatic heterocycles. The lowest BCUT2D eigenvalue weighted by Gasteiger charge is -2.54. The van der Waals surface area contributed by atoms with Crippen molar-refractivity contribution in [2.75, 3.05) is 28.2 Å². The van der Waals surface area contributed by atoms with E-state index >= 15 is 0 Å². The lowest BCUT2D eigenvalue weighted by atomic mass is 9.54. The van der Waals surface area contributed by atoms with Gasteiger partial charge in [-0.25, -0.2) is 0 Å². The van der Waals surface area contributed by atoms with Crippen LogP contribution in [0.25, 0.3) is 0 Å². The summed E-state index contributed by atoms with van der Waals surface area (Å²) in [5.41, 5.74) is 2.03. The van der Waals surface area contributed by atoms with Gasteiger partial charge in [0.05, 0.1) is 18.1 Å². The van der Waals surface area contributed by atoms with Crippen LogP contribution in [0.4, 0.5) is 0 Å². The van der Waals surface area contributed by atoms with Gasteiger partial charge in [0.1, 0.15) is 17.1 Å². The fourth-order valence-corrected chi connectivity index (χ4v) is 6.90. The molecule has 0 saturated heterocycles. The third kappa shape index (κ3) is 3.18. The number of aliphatic hydroxyl groups is 4. The van der Waals surface area contributed by atoms with Crippen molar-refractivity contribution < 1.29 is 34.8 Å². The second kappa shape index (κ2) is 7.90. The topological polar surface area (TPSA) is 165 Å². The molecule has 182 valence electrons. The molecular formula is C23H33N3O7. The van der Waals surface area contributed by atoms with Crippen molar-refractivity contribution in [3.8, 4) is 0 Å². The number of nitrogens with zero attached hydrogens (tertiary/aromatic N) is 2. The maximum absolute atomic E-state index is 13.6. The number of likely N-dealkylation sites (N-methyl/N-ethyl adjacent to an activating group) is 1. The molecule has 1 amide bonds. The first-order valence-electron chi connectivity index (χ1n) is 11.3. The van der Waals surface area contributed by atoms with E-state index in [0.29, 0.717) is 12.8 Å². The molecule has 2 saturated carbocycles.